The zero-order valence-electron chi connectivity index (χ0n) is 40.4. The first-order valence-corrected chi connectivity index (χ1v) is 24.9. The summed E-state index contributed by atoms with van der Waals surface area (Å²) >= 11 is 0. The van der Waals surface area contributed by atoms with Gasteiger partial charge in [-0.05, 0) is 156 Å². The lowest BCUT2D eigenvalue weighted by Gasteiger charge is -2.53. The smallest absolute Gasteiger partial charge is 0.0962 e. The predicted molar refractivity (Wildman–Crippen MR) is 281 cm³/mol. The molecule has 0 amide bonds. The van der Waals surface area contributed by atoms with Crippen molar-refractivity contribution in [1.29, 1.82) is 0 Å². The van der Waals surface area contributed by atoms with Gasteiger partial charge in [0.1, 0.15) is 0 Å². The molecule has 8 aromatic carbocycles. The molecule has 330 valence electrons. The number of fused-ring (bicyclic) bond motifs is 11. The van der Waals surface area contributed by atoms with Crippen LogP contribution in [0.25, 0.3) is 33.4 Å². The highest BCUT2D eigenvalue weighted by atomic mass is 15.2. The van der Waals surface area contributed by atoms with Crippen LogP contribution in [0, 0.1) is 0 Å². The van der Waals surface area contributed by atoms with Gasteiger partial charge in [-0.25, -0.2) is 0 Å². The Morgan fingerprint density at radius 1 is 0.358 bits per heavy atom. The normalized spacial score (nSPS) is 20.5. The molecule has 0 heterocycles. The van der Waals surface area contributed by atoms with Gasteiger partial charge in [0.25, 0.3) is 0 Å². The molecule has 0 aromatic heterocycles. The molecule has 0 bridgehead atoms. The number of hydrogen-bond acceptors (Lipinski definition) is 2. The van der Waals surface area contributed by atoms with Crippen LogP contribution in [-0.2, 0) is 33.7 Å². The quantitative estimate of drug-likeness (QED) is 0.143. The van der Waals surface area contributed by atoms with Gasteiger partial charge in [-0.1, -0.05) is 177 Å². The maximum atomic E-state index is 2.70. The molecule has 0 saturated carbocycles. The van der Waals surface area contributed by atoms with Crippen LogP contribution in [0.4, 0.5) is 22.7 Å². The summed E-state index contributed by atoms with van der Waals surface area (Å²) in [6.45, 7) is 19.3. The van der Waals surface area contributed by atoms with Crippen molar-refractivity contribution in [3.05, 3.63) is 225 Å². The highest BCUT2D eigenvalue weighted by Gasteiger charge is 2.58. The molecule has 2 nitrogen and oxygen atoms in total. The summed E-state index contributed by atoms with van der Waals surface area (Å²) in [5, 5.41) is 0. The molecule has 0 radical (unpaired) electrons. The predicted octanol–water partition coefficient (Wildman–Crippen LogP) is 16.8. The van der Waals surface area contributed by atoms with Gasteiger partial charge in [-0.2, -0.15) is 0 Å². The lowest BCUT2D eigenvalue weighted by atomic mass is 9.65. The number of rotatable bonds is 9. The van der Waals surface area contributed by atoms with Crippen molar-refractivity contribution >= 4 is 22.7 Å². The number of benzene rings is 8. The summed E-state index contributed by atoms with van der Waals surface area (Å²) in [7, 11) is 0. The molecular formula is C65H60N2. The van der Waals surface area contributed by atoms with Gasteiger partial charge < -0.3 is 9.80 Å². The van der Waals surface area contributed by atoms with Gasteiger partial charge in [0.15, 0.2) is 0 Å². The summed E-state index contributed by atoms with van der Waals surface area (Å²) in [6.07, 6.45) is 4.15. The second-order valence-electron chi connectivity index (χ2n) is 21.9. The van der Waals surface area contributed by atoms with E-state index in [9.17, 15) is 0 Å². The number of nitrogens with zero attached hydrogens (tertiary/aromatic N) is 2. The largest absolute Gasteiger partial charge is 0.331 e. The minimum absolute atomic E-state index is 0.0714. The molecule has 5 aliphatic rings. The van der Waals surface area contributed by atoms with Crippen molar-refractivity contribution in [1.82, 2.24) is 0 Å². The molecule has 0 fully saturated rings. The Kier molecular flexibility index (Phi) is 8.32. The van der Waals surface area contributed by atoms with Crippen molar-refractivity contribution in [2.45, 2.75) is 108 Å². The van der Waals surface area contributed by atoms with E-state index >= 15 is 0 Å². The molecule has 0 spiro atoms. The molecular weight excluding hydrogens is 809 g/mol. The fourth-order valence-corrected chi connectivity index (χ4v) is 14.1. The van der Waals surface area contributed by atoms with Gasteiger partial charge >= 0.3 is 0 Å². The van der Waals surface area contributed by atoms with Crippen molar-refractivity contribution in [3.8, 4) is 33.4 Å². The van der Waals surface area contributed by atoms with E-state index in [1.165, 1.54) is 112 Å². The minimum Gasteiger partial charge on any atom is -0.331 e. The fourth-order valence-electron chi connectivity index (χ4n) is 14.1. The van der Waals surface area contributed by atoms with Gasteiger partial charge in [0.05, 0.1) is 11.1 Å². The Hall–Kier alpha value is -6.64. The highest BCUT2D eigenvalue weighted by molar-refractivity contribution is 5.91. The lowest BCUT2D eigenvalue weighted by molar-refractivity contribution is 0.362. The van der Waals surface area contributed by atoms with E-state index < -0.39 is 0 Å². The second kappa shape index (κ2) is 13.7. The maximum absolute atomic E-state index is 2.70. The third-order valence-corrected chi connectivity index (χ3v) is 17.5. The van der Waals surface area contributed by atoms with Crippen LogP contribution in [0.15, 0.2) is 170 Å². The van der Waals surface area contributed by atoms with Crippen LogP contribution in [0.2, 0.25) is 0 Å². The average molecular weight is 869 g/mol. The molecule has 67 heavy (non-hydrogen) atoms. The third-order valence-electron chi connectivity index (χ3n) is 17.5. The van der Waals surface area contributed by atoms with Crippen molar-refractivity contribution in [2.75, 3.05) is 9.80 Å². The summed E-state index contributed by atoms with van der Waals surface area (Å²) < 4.78 is 0. The first-order valence-electron chi connectivity index (χ1n) is 24.9. The first-order chi connectivity index (χ1) is 32.4. The first kappa shape index (κ1) is 40.6. The molecule has 0 saturated heterocycles. The Morgan fingerprint density at radius 3 is 1.34 bits per heavy atom. The SMILES string of the molecule is CCCC1(N(c2ccccc2)c2ccc3c(c2)C(C)(C)c2ccccc2-3)c2cc3c(cc21)C(C)(C)c1cc2c(cc1-3)CC2(CC)N(c1ccccc1)c1ccc2c(c1)C(C)(C)c1ccccc1-2. The summed E-state index contributed by atoms with van der Waals surface area (Å²) in [6, 6.07) is 65.5. The fraction of sp³-hybridized carbons (Fsp3) is 0.262. The van der Waals surface area contributed by atoms with E-state index in [1.54, 1.807) is 0 Å². The zero-order chi connectivity index (χ0) is 45.8. The molecule has 0 aliphatic heterocycles. The van der Waals surface area contributed by atoms with Gasteiger partial charge in [-0.15, -0.1) is 0 Å². The van der Waals surface area contributed by atoms with Gasteiger partial charge in [0.2, 0.25) is 0 Å². The summed E-state index contributed by atoms with van der Waals surface area (Å²) in [5.74, 6) is 0. The molecule has 2 unspecified atom stereocenters. The highest BCUT2D eigenvalue weighted by Crippen LogP contribution is 2.65. The van der Waals surface area contributed by atoms with Crippen molar-refractivity contribution < 1.29 is 0 Å². The number of para-hydroxylation sites is 2. The van der Waals surface area contributed by atoms with Crippen molar-refractivity contribution in [2.24, 2.45) is 0 Å². The third kappa shape index (κ3) is 5.22. The zero-order valence-corrected chi connectivity index (χ0v) is 40.4. The Labute approximate surface area is 398 Å². The summed E-state index contributed by atoms with van der Waals surface area (Å²) in [4.78, 5) is 5.40. The Balaban J connectivity index is 0.922. The molecule has 13 rings (SSSR count). The van der Waals surface area contributed by atoms with E-state index in [-0.39, 0.29) is 27.3 Å². The van der Waals surface area contributed by atoms with E-state index in [0.29, 0.717) is 0 Å². The van der Waals surface area contributed by atoms with Crippen LogP contribution in [0.5, 0.6) is 0 Å². The van der Waals surface area contributed by atoms with Crippen LogP contribution < -0.4 is 9.80 Å². The standard InChI is InChI=1S/C65H60N2/c1-9-33-65(67(43-23-15-12-16-24-43)45-30-32-49-47-26-18-20-28-53(47)62(5,6)56(49)36-45)59-37-51-50-34-41-40-64(10-2,54(41)38-57(50)63(7,8)58(51)39-60(59)65)66(42-21-13-11-14-22-42)44-29-31-48-46-25-17-19-27-52(46)61(3,4)55(48)35-44/h11-32,34-39H,9-10,33,40H2,1-8H3. The molecule has 0 N–H and O–H groups in total. The number of hydrogen-bond donors (Lipinski definition) is 0. The Bertz CT molecular complexity index is 3370. The van der Waals surface area contributed by atoms with Crippen LogP contribution in [0.1, 0.15) is 130 Å². The molecule has 5 aliphatic carbocycles. The van der Waals surface area contributed by atoms with Crippen LogP contribution in [-0.4, -0.2) is 0 Å². The van der Waals surface area contributed by atoms with Gasteiger partial charge in [-0.3, -0.25) is 0 Å². The monoisotopic (exact) mass is 868 g/mol. The molecule has 8 aromatic rings. The van der Waals surface area contributed by atoms with Crippen LogP contribution >= 0.6 is 0 Å². The summed E-state index contributed by atoms with van der Waals surface area (Å²) in [5.41, 5.74) is 27.2. The van der Waals surface area contributed by atoms with Gasteiger partial charge in [0, 0.05) is 45.4 Å². The van der Waals surface area contributed by atoms with E-state index in [4.69, 9.17) is 0 Å². The lowest BCUT2D eigenvalue weighted by Crippen LogP contribution is -2.51. The van der Waals surface area contributed by atoms with Crippen molar-refractivity contribution in [3.63, 3.8) is 0 Å². The minimum atomic E-state index is -0.223. The number of anilines is 4. The van der Waals surface area contributed by atoms with E-state index in [2.05, 4.69) is 235 Å². The second-order valence-corrected chi connectivity index (χ2v) is 21.9. The topological polar surface area (TPSA) is 6.48 Å². The van der Waals surface area contributed by atoms with Crippen LogP contribution in [0.3, 0.4) is 0 Å². The average Bonchev–Trinajstić information content (AvgIpc) is 3.70. The Morgan fingerprint density at radius 2 is 0.791 bits per heavy atom. The maximum Gasteiger partial charge on any atom is 0.0962 e. The van der Waals surface area contributed by atoms with E-state index in [1.807, 2.05) is 0 Å². The van der Waals surface area contributed by atoms with E-state index in [0.717, 1.165) is 25.7 Å². The molecule has 2 heteroatoms. The molecule has 2 atom stereocenters.